The summed E-state index contributed by atoms with van der Waals surface area (Å²) in [6.45, 7) is 0.197. The van der Waals surface area contributed by atoms with Crippen LogP contribution >= 0.6 is 22.9 Å². The quantitative estimate of drug-likeness (QED) is 0.278. The highest BCUT2D eigenvalue weighted by molar-refractivity contribution is 7.09. The van der Waals surface area contributed by atoms with Crippen LogP contribution < -0.4 is 14.2 Å². The van der Waals surface area contributed by atoms with Gasteiger partial charge in [-0.25, -0.2) is 0 Å². The Morgan fingerprint density at radius 1 is 1.00 bits per heavy atom. The summed E-state index contributed by atoms with van der Waals surface area (Å²) in [6, 6.07) is 12.9. The van der Waals surface area contributed by atoms with Gasteiger partial charge in [0.1, 0.15) is 23.0 Å². The third-order valence-electron chi connectivity index (χ3n) is 5.61. The molecule has 0 radical (unpaired) electrons. The number of ether oxygens (including phenoxy) is 3. The molecule has 2 aromatic carbocycles. The molecule has 3 aromatic rings. The molecule has 1 amide bonds. The van der Waals surface area contributed by atoms with Crippen LogP contribution in [-0.2, 0) is 16.1 Å². The minimum Gasteiger partial charge on any atom is -0.507 e. The van der Waals surface area contributed by atoms with Crippen LogP contribution in [0.5, 0.6) is 17.2 Å². The molecule has 4 rings (SSSR count). The van der Waals surface area contributed by atoms with E-state index in [9.17, 15) is 14.7 Å². The molecule has 34 heavy (non-hydrogen) atoms. The molecule has 1 unspecified atom stereocenters. The number of aliphatic hydroxyl groups is 1. The minimum absolute atomic E-state index is 0.0782. The number of ketones is 1. The molecule has 1 saturated heterocycles. The molecule has 2 heterocycles. The van der Waals surface area contributed by atoms with E-state index in [4.69, 9.17) is 25.8 Å². The highest BCUT2D eigenvalue weighted by Gasteiger charge is 2.47. The van der Waals surface area contributed by atoms with Gasteiger partial charge in [0.05, 0.1) is 50.1 Å². The highest BCUT2D eigenvalue weighted by Crippen LogP contribution is 2.45. The van der Waals surface area contributed by atoms with Crippen molar-refractivity contribution in [3.63, 3.8) is 0 Å². The van der Waals surface area contributed by atoms with Gasteiger partial charge in [-0.3, -0.25) is 9.59 Å². The van der Waals surface area contributed by atoms with Gasteiger partial charge in [-0.05, 0) is 23.6 Å². The summed E-state index contributed by atoms with van der Waals surface area (Å²) in [4.78, 5) is 28.8. The molecular weight excluding hydrogens is 478 g/mol. The number of para-hydroxylation sites is 1. The summed E-state index contributed by atoms with van der Waals surface area (Å²) in [5.41, 5.74) is 0.661. The lowest BCUT2D eigenvalue weighted by Crippen LogP contribution is -2.29. The lowest BCUT2D eigenvalue weighted by Gasteiger charge is -2.26. The average molecular weight is 500 g/mol. The van der Waals surface area contributed by atoms with Crippen LogP contribution in [0.2, 0.25) is 5.02 Å². The van der Waals surface area contributed by atoms with Crippen LogP contribution in [0.15, 0.2) is 59.5 Å². The van der Waals surface area contributed by atoms with E-state index in [0.717, 1.165) is 4.88 Å². The number of amides is 1. The number of thiophene rings is 1. The highest BCUT2D eigenvalue weighted by atomic mass is 35.5. The molecule has 7 nitrogen and oxygen atoms in total. The zero-order valence-corrected chi connectivity index (χ0v) is 20.3. The minimum atomic E-state index is -0.885. The molecule has 1 atom stereocenters. The Balaban J connectivity index is 1.96. The van der Waals surface area contributed by atoms with Gasteiger partial charge >= 0.3 is 0 Å². The second-order valence-corrected chi connectivity index (χ2v) is 8.87. The summed E-state index contributed by atoms with van der Waals surface area (Å²) in [6.07, 6.45) is 0. The number of methoxy groups -OCH3 is 3. The second-order valence-electron chi connectivity index (χ2n) is 7.44. The molecule has 1 aliphatic heterocycles. The Morgan fingerprint density at radius 2 is 1.71 bits per heavy atom. The summed E-state index contributed by atoms with van der Waals surface area (Å²) in [5, 5.41) is 13.5. The van der Waals surface area contributed by atoms with Crippen molar-refractivity contribution in [3.8, 4) is 17.2 Å². The second kappa shape index (κ2) is 9.79. The van der Waals surface area contributed by atoms with Gasteiger partial charge in [0.15, 0.2) is 0 Å². The number of hydrogen-bond acceptors (Lipinski definition) is 7. The van der Waals surface area contributed by atoms with Crippen LogP contribution in [0.25, 0.3) is 5.76 Å². The third-order valence-corrected chi connectivity index (χ3v) is 6.77. The van der Waals surface area contributed by atoms with Crippen molar-refractivity contribution in [2.45, 2.75) is 12.6 Å². The summed E-state index contributed by atoms with van der Waals surface area (Å²) in [5.74, 6) is -0.861. The molecule has 0 saturated carbocycles. The first-order valence-corrected chi connectivity index (χ1v) is 11.5. The van der Waals surface area contributed by atoms with Crippen molar-refractivity contribution in [2.24, 2.45) is 0 Å². The predicted molar refractivity (Wildman–Crippen MR) is 130 cm³/mol. The number of benzene rings is 2. The van der Waals surface area contributed by atoms with E-state index in [0.29, 0.717) is 17.1 Å². The molecule has 1 aromatic heterocycles. The van der Waals surface area contributed by atoms with Crippen molar-refractivity contribution in [1.29, 1.82) is 0 Å². The fourth-order valence-electron chi connectivity index (χ4n) is 4.02. The summed E-state index contributed by atoms with van der Waals surface area (Å²) < 4.78 is 16.2. The smallest absolute Gasteiger partial charge is 0.295 e. The summed E-state index contributed by atoms with van der Waals surface area (Å²) >= 11 is 7.78. The number of carbonyl (C=O) groups is 2. The number of nitrogens with zero attached hydrogens (tertiary/aromatic N) is 1. The van der Waals surface area contributed by atoms with Crippen LogP contribution in [0, 0.1) is 0 Å². The van der Waals surface area contributed by atoms with E-state index in [1.807, 2.05) is 17.5 Å². The van der Waals surface area contributed by atoms with Gasteiger partial charge < -0.3 is 24.2 Å². The fraction of sp³-hybridized carbons (Fsp3) is 0.200. The Morgan fingerprint density at radius 3 is 2.35 bits per heavy atom. The number of hydrogen-bond donors (Lipinski definition) is 1. The maximum atomic E-state index is 13.3. The maximum Gasteiger partial charge on any atom is 0.295 e. The number of likely N-dealkylation sites (tertiary alicyclic amines) is 1. The van der Waals surface area contributed by atoms with Crippen molar-refractivity contribution in [1.82, 2.24) is 4.90 Å². The van der Waals surface area contributed by atoms with E-state index >= 15 is 0 Å². The molecule has 9 heteroatoms. The SMILES string of the molecule is COc1cc(OC)c(/C(O)=C2\C(=O)C(=O)N(Cc3cccs3)C2c2ccccc2OC)cc1Cl. The maximum absolute atomic E-state index is 13.3. The molecule has 1 aliphatic rings. The first-order valence-electron chi connectivity index (χ1n) is 10.3. The van der Waals surface area contributed by atoms with E-state index in [1.54, 1.807) is 24.3 Å². The van der Waals surface area contributed by atoms with Crippen molar-refractivity contribution >= 4 is 40.4 Å². The first kappa shape index (κ1) is 23.7. The zero-order chi connectivity index (χ0) is 24.4. The van der Waals surface area contributed by atoms with Gasteiger partial charge in [-0.1, -0.05) is 35.9 Å². The van der Waals surface area contributed by atoms with Gasteiger partial charge in [0.2, 0.25) is 0 Å². The van der Waals surface area contributed by atoms with Gasteiger partial charge in [-0.2, -0.15) is 0 Å². The number of Topliss-reactive ketones (excluding diaryl/α,β-unsaturated/α-hetero) is 1. The molecule has 0 aliphatic carbocycles. The lowest BCUT2D eigenvalue weighted by molar-refractivity contribution is -0.140. The standard InChI is InChI=1S/C25H22ClNO6S/c1-31-18-9-5-4-8-15(18)22-21(24(29)25(30)27(22)13-14-7-6-10-34-14)23(28)16-11-17(26)20(33-3)12-19(16)32-2/h4-12,22,28H,13H2,1-3H3/b23-21+. The Kier molecular flexibility index (Phi) is 6.81. The van der Waals surface area contributed by atoms with Crippen LogP contribution in [0.4, 0.5) is 0 Å². The Hall–Kier alpha value is -3.49. The topological polar surface area (TPSA) is 85.3 Å². The van der Waals surface area contributed by atoms with Gasteiger partial charge in [0, 0.05) is 16.5 Å². The van der Waals surface area contributed by atoms with E-state index in [1.165, 1.54) is 49.7 Å². The van der Waals surface area contributed by atoms with Crippen molar-refractivity contribution in [2.75, 3.05) is 21.3 Å². The molecule has 176 valence electrons. The number of carbonyl (C=O) groups excluding carboxylic acids is 2. The largest absolute Gasteiger partial charge is 0.507 e. The molecule has 1 fully saturated rings. The van der Waals surface area contributed by atoms with E-state index in [-0.39, 0.29) is 28.5 Å². The monoisotopic (exact) mass is 499 g/mol. The van der Waals surface area contributed by atoms with Crippen LogP contribution in [0.3, 0.4) is 0 Å². The average Bonchev–Trinajstić information content (AvgIpc) is 3.45. The third kappa shape index (κ3) is 4.10. The van der Waals surface area contributed by atoms with Crippen molar-refractivity contribution < 1.29 is 28.9 Å². The molecular formula is C25H22ClNO6S. The molecule has 0 bridgehead atoms. The lowest BCUT2D eigenvalue weighted by atomic mass is 9.94. The number of aliphatic hydroxyl groups excluding tert-OH is 1. The van der Waals surface area contributed by atoms with E-state index < -0.39 is 23.5 Å². The van der Waals surface area contributed by atoms with Crippen molar-refractivity contribution in [3.05, 3.63) is 80.5 Å². The Bertz CT molecular complexity index is 1270. The first-order chi connectivity index (χ1) is 16.4. The molecule has 0 spiro atoms. The predicted octanol–water partition coefficient (Wildman–Crippen LogP) is 5.05. The Labute approximate surface area is 205 Å². The van der Waals surface area contributed by atoms with Gasteiger partial charge in [-0.15, -0.1) is 11.3 Å². The molecule has 1 N–H and O–H groups in total. The van der Waals surface area contributed by atoms with Gasteiger partial charge in [0.25, 0.3) is 11.7 Å². The van der Waals surface area contributed by atoms with Crippen LogP contribution in [-0.4, -0.2) is 43.0 Å². The fourth-order valence-corrected chi connectivity index (χ4v) is 4.96. The normalized spacial score (nSPS) is 17.2. The van der Waals surface area contributed by atoms with E-state index in [2.05, 4.69) is 0 Å². The number of rotatable bonds is 7. The zero-order valence-electron chi connectivity index (χ0n) is 18.7. The number of halogens is 1. The van der Waals surface area contributed by atoms with Crippen LogP contribution in [0.1, 0.15) is 22.0 Å². The summed E-state index contributed by atoms with van der Waals surface area (Å²) in [7, 11) is 4.39.